The molecule has 2 aromatic rings. The van der Waals surface area contributed by atoms with E-state index in [9.17, 15) is 4.39 Å². The third-order valence-electron chi connectivity index (χ3n) is 2.68. The van der Waals surface area contributed by atoms with Gasteiger partial charge in [-0.1, -0.05) is 12.1 Å². The number of halogens is 2. The zero-order chi connectivity index (χ0) is 11.1. The Morgan fingerprint density at radius 3 is 2.88 bits per heavy atom. The fourth-order valence-electron chi connectivity index (χ4n) is 1.88. The first-order valence-corrected chi connectivity index (χ1v) is 5.78. The van der Waals surface area contributed by atoms with Crippen LogP contribution in [-0.4, -0.2) is 9.78 Å². The second kappa shape index (κ2) is 3.68. The standard InChI is InChI=1S/C11H9BrFN3/c12-11-7-5-14-6-9(7)15-16(11)10-4-2-1-3-8(10)13/h1-4,14H,5-6H2. The molecule has 0 bridgehead atoms. The third kappa shape index (κ3) is 1.39. The molecule has 5 heteroatoms. The number of rotatable bonds is 1. The number of hydrogen-bond donors (Lipinski definition) is 1. The minimum Gasteiger partial charge on any atom is -0.307 e. The molecular weight excluding hydrogens is 273 g/mol. The summed E-state index contributed by atoms with van der Waals surface area (Å²) in [6.07, 6.45) is 0. The predicted octanol–water partition coefficient (Wildman–Crippen LogP) is 2.38. The lowest BCUT2D eigenvalue weighted by molar-refractivity contribution is 0.605. The molecule has 0 radical (unpaired) electrons. The van der Waals surface area contributed by atoms with Crippen molar-refractivity contribution in [2.24, 2.45) is 0 Å². The second-order valence-electron chi connectivity index (χ2n) is 3.68. The van der Waals surface area contributed by atoms with Gasteiger partial charge >= 0.3 is 0 Å². The quantitative estimate of drug-likeness (QED) is 0.870. The van der Waals surface area contributed by atoms with Gasteiger partial charge < -0.3 is 5.32 Å². The molecule has 1 aromatic heterocycles. The molecule has 1 aromatic carbocycles. The fourth-order valence-corrected chi connectivity index (χ4v) is 2.52. The summed E-state index contributed by atoms with van der Waals surface area (Å²) in [5.74, 6) is -0.266. The molecule has 0 unspecified atom stereocenters. The van der Waals surface area contributed by atoms with Crippen LogP contribution in [0.5, 0.6) is 0 Å². The fraction of sp³-hybridized carbons (Fsp3) is 0.182. The Labute approximate surface area is 100 Å². The molecule has 82 valence electrons. The van der Waals surface area contributed by atoms with E-state index < -0.39 is 0 Å². The highest BCUT2D eigenvalue weighted by atomic mass is 79.9. The molecule has 1 aliphatic heterocycles. The highest BCUT2D eigenvalue weighted by molar-refractivity contribution is 9.10. The lowest BCUT2D eigenvalue weighted by atomic mass is 10.3. The molecule has 1 aliphatic rings. The summed E-state index contributed by atoms with van der Waals surface area (Å²) in [6, 6.07) is 6.63. The van der Waals surface area contributed by atoms with Crippen LogP contribution >= 0.6 is 15.9 Å². The van der Waals surface area contributed by atoms with E-state index in [-0.39, 0.29) is 5.82 Å². The summed E-state index contributed by atoms with van der Waals surface area (Å²) in [4.78, 5) is 0. The van der Waals surface area contributed by atoms with E-state index in [0.29, 0.717) is 5.69 Å². The first-order valence-electron chi connectivity index (χ1n) is 4.99. The summed E-state index contributed by atoms with van der Waals surface area (Å²) < 4.78 is 16.1. The van der Waals surface area contributed by atoms with Crippen LogP contribution in [0.1, 0.15) is 11.3 Å². The van der Waals surface area contributed by atoms with Crippen molar-refractivity contribution in [1.82, 2.24) is 15.1 Å². The Bertz CT molecular complexity index is 550. The first kappa shape index (κ1) is 9.99. The summed E-state index contributed by atoms with van der Waals surface area (Å²) in [7, 11) is 0. The lowest BCUT2D eigenvalue weighted by Gasteiger charge is -2.05. The highest BCUT2D eigenvalue weighted by Crippen LogP contribution is 2.27. The van der Waals surface area contributed by atoms with Crippen molar-refractivity contribution in [3.05, 3.63) is 45.9 Å². The van der Waals surface area contributed by atoms with Crippen LogP contribution in [-0.2, 0) is 13.1 Å². The van der Waals surface area contributed by atoms with Crippen LogP contribution in [0.4, 0.5) is 4.39 Å². The maximum atomic E-state index is 13.6. The summed E-state index contributed by atoms with van der Waals surface area (Å²) in [5, 5.41) is 7.59. The van der Waals surface area contributed by atoms with Gasteiger partial charge in [0, 0.05) is 18.7 Å². The number of nitrogens with one attached hydrogen (secondary N) is 1. The van der Waals surface area contributed by atoms with E-state index in [4.69, 9.17) is 0 Å². The Balaban J connectivity index is 2.18. The third-order valence-corrected chi connectivity index (χ3v) is 3.49. The van der Waals surface area contributed by atoms with Crippen LogP contribution in [0.3, 0.4) is 0 Å². The van der Waals surface area contributed by atoms with Crippen molar-refractivity contribution in [2.45, 2.75) is 13.1 Å². The van der Waals surface area contributed by atoms with E-state index in [2.05, 4.69) is 26.3 Å². The number of hydrogen-bond acceptors (Lipinski definition) is 2. The van der Waals surface area contributed by atoms with Gasteiger partial charge in [0.2, 0.25) is 0 Å². The minimum absolute atomic E-state index is 0.266. The Kier molecular flexibility index (Phi) is 2.29. The van der Waals surface area contributed by atoms with Gasteiger partial charge in [-0.3, -0.25) is 0 Å². The average molecular weight is 282 g/mol. The van der Waals surface area contributed by atoms with E-state index >= 15 is 0 Å². The van der Waals surface area contributed by atoms with E-state index in [1.54, 1.807) is 22.9 Å². The van der Waals surface area contributed by atoms with Crippen molar-refractivity contribution in [3.8, 4) is 5.69 Å². The van der Waals surface area contributed by atoms with Crippen LogP contribution in [0.25, 0.3) is 5.69 Å². The number of nitrogens with zero attached hydrogens (tertiary/aromatic N) is 2. The molecule has 2 heterocycles. The zero-order valence-corrected chi connectivity index (χ0v) is 9.96. The van der Waals surface area contributed by atoms with Gasteiger partial charge in [-0.25, -0.2) is 9.07 Å². The smallest absolute Gasteiger partial charge is 0.148 e. The SMILES string of the molecule is Fc1ccccc1-n1nc2c(c1Br)CNC2. The molecule has 16 heavy (non-hydrogen) atoms. The van der Waals surface area contributed by atoms with Crippen molar-refractivity contribution < 1.29 is 4.39 Å². The molecular formula is C11H9BrFN3. The molecule has 0 fully saturated rings. The van der Waals surface area contributed by atoms with Crippen molar-refractivity contribution >= 4 is 15.9 Å². The number of benzene rings is 1. The highest BCUT2D eigenvalue weighted by Gasteiger charge is 2.21. The largest absolute Gasteiger partial charge is 0.307 e. The molecule has 0 saturated carbocycles. The summed E-state index contributed by atoms with van der Waals surface area (Å²) in [5.41, 5.74) is 2.57. The maximum Gasteiger partial charge on any atom is 0.148 e. The van der Waals surface area contributed by atoms with Gasteiger partial charge in [-0.05, 0) is 28.1 Å². The number of fused-ring (bicyclic) bond motifs is 1. The van der Waals surface area contributed by atoms with Crippen molar-refractivity contribution in [1.29, 1.82) is 0 Å². The van der Waals surface area contributed by atoms with Crippen LogP contribution < -0.4 is 5.32 Å². The number of para-hydroxylation sites is 1. The van der Waals surface area contributed by atoms with Gasteiger partial charge in [0.1, 0.15) is 16.1 Å². The van der Waals surface area contributed by atoms with Gasteiger partial charge in [0.15, 0.2) is 0 Å². The maximum absolute atomic E-state index is 13.6. The van der Waals surface area contributed by atoms with E-state index in [0.717, 1.165) is 29.0 Å². The average Bonchev–Trinajstić information content (AvgIpc) is 2.83. The van der Waals surface area contributed by atoms with Crippen LogP contribution in [0, 0.1) is 5.82 Å². The molecule has 0 spiro atoms. The minimum atomic E-state index is -0.266. The summed E-state index contributed by atoms with van der Waals surface area (Å²) >= 11 is 3.47. The van der Waals surface area contributed by atoms with Crippen molar-refractivity contribution in [2.75, 3.05) is 0 Å². The van der Waals surface area contributed by atoms with Gasteiger partial charge in [0.05, 0.1) is 5.69 Å². The second-order valence-corrected chi connectivity index (χ2v) is 4.43. The Hall–Kier alpha value is -1.20. The normalized spacial score (nSPS) is 14.1. The Morgan fingerprint density at radius 1 is 1.31 bits per heavy atom. The number of aromatic nitrogens is 2. The Morgan fingerprint density at radius 2 is 2.12 bits per heavy atom. The van der Waals surface area contributed by atoms with Gasteiger partial charge in [-0.15, -0.1) is 0 Å². The lowest BCUT2D eigenvalue weighted by Crippen LogP contribution is -2.07. The van der Waals surface area contributed by atoms with Gasteiger partial charge in [-0.2, -0.15) is 5.10 Å². The molecule has 3 nitrogen and oxygen atoms in total. The molecule has 3 rings (SSSR count). The van der Waals surface area contributed by atoms with Crippen LogP contribution in [0.15, 0.2) is 28.9 Å². The van der Waals surface area contributed by atoms with E-state index in [1.165, 1.54) is 6.07 Å². The van der Waals surface area contributed by atoms with Gasteiger partial charge in [0.25, 0.3) is 0 Å². The summed E-state index contributed by atoms with van der Waals surface area (Å²) in [6.45, 7) is 1.53. The topological polar surface area (TPSA) is 29.9 Å². The molecule has 0 saturated heterocycles. The molecule has 1 N–H and O–H groups in total. The molecule has 0 aliphatic carbocycles. The molecule has 0 amide bonds. The molecule has 0 atom stereocenters. The van der Waals surface area contributed by atoms with Crippen LogP contribution in [0.2, 0.25) is 0 Å². The monoisotopic (exact) mass is 281 g/mol. The zero-order valence-electron chi connectivity index (χ0n) is 8.37. The predicted molar refractivity (Wildman–Crippen MR) is 61.8 cm³/mol. The van der Waals surface area contributed by atoms with Crippen molar-refractivity contribution in [3.63, 3.8) is 0 Å². The van der Waals surface area contributed by atoms with E-state index in [1.807, 2.05) is 0 Å². The first-order chi connectivity index (χ1) is 7.77.